The predicted molar refractivity (Wildman–Crippen MR) is 55.2 cm³/mol. The van der Waals surface area contributed by atoms with Gasteiger partial charge in [-0.25, -0.2) is 4.39 Å². The Bertz CT molecular complexity index is 364. The average molecular weight is 211 g/mol. The summed E-state index contributed by atoms with van der Waals surface area (Å²) in [6.07, 6.45) is 0. The zero-order valence-electron chi connectivity index (χ0n) is 8.84. The van der Waals surface area contributed by atoms with E-state index in [1.807, 2.05) is 0 Å². The second-order valence-corrected chi connectivity index (χ2v) is 3.64. The highest BCUT2D eigenvalue weighted by Gasteiger charge is 2.39. The van der Waals surface area contributed by atoms with E-state index in [2.05, 4.69) is 5.32 Å². The first-order valence-corrected chi connectivity index (χ1v) is 4.82. The van der Waals surface area contributed by atoms with Gasteiger partial charge in [0.1, 0.15) is 0 Å². The highest BCUT2D eigenvalue weighted by Crippen LogP contribution is 2.36. The molecule has 1 fully saturated rings. The number of hydrogen-bond donors (Lipinski definition) is 1. The third-order valence-corrected chi connectivity index (χ3v) is 2.71. The van der Waals surface area contributed by atoms with Gasteiger partial charge in [-0.2, -0.15) is 0 Å². The second-order valence-electron chi connectivity index (χ2n) is 3.64. The first kappa shape index (κ1) is 10.2. The van der Waals surface area contributed by atoms with Gasteiger partial charge in [0.15, 0.2) is 17.2 Å². The number of nitrogens with one attached hydrogen (secondary N) is 1. The molecule has 0 aliphatic carbocycles. The van der Waals surface area contributed by atoms with E-state index in [0.717, 1.165) is 0 Å². The summed E-state index contributed by atoms with van der Waals surface area (Å²) in [5.74, 6) is 1.19. The maximum absolute atomic E-state index is 14.0. The van der Waals surface area contributed by atoms with E-state index in [-0.39, 0.29) is 0 Å². The topological polar surface area (TPSA) is 30.5 Å². The summed E-state index contributed by atoms with van der Waals surface area (Å²) in [6, 6.07) is 5.16. The Morgan fingerprint density at radius 1 is 1.20 bits per heavy atom. The lowest BCUT2D eigenvalue weighted by Crippen LogP contribution is -2.53. The Morgan fingerprint density at radius 3 is 2.33 bits per heavy atom. The van der Waals surface area contributed by atoms with Crippen LogP contribution < -0.4 is 14.8 Å². The van der Waals surface area contributed by atoms with Crippen LogP contribution in [0.4, 0.5) is 4.39 Å². The molecule has 4 heteroatoms. The Labute approximate surface area is 88.2 Å². The standard InChI is InChI=1S/C11H14FNO2/c1-14-9-4-3-8(5-10(9)15-2)11(12)6-13-7-11/h3-5,13H,6-7H2,1-2H3. The molecule has 0 saturated carbocycles. The molecule has 82 valence electrons. The van der Waals surface area contributed by atoms with E-state index >= 15 is 0 Å². The van der Waals surface area contributed by atoms with Crippen LogP contribution in [0.25, 0.3) is 0 Å². The molecule has 1 saturated heterocycles. The molecule has 1 aliphatic rings. The monoisotopic (exact) mass is 211 g/mol. The molecule has 0 amide bonds. The molecule has 0 radical (unpaired) electrons. The summed E-state index contributed by atoms with van der Waals surface area (Å²) in [4.78, 5) is 0. The molecule has 1 aromatic carbocycles. The van der Waals surface area contributed by atoms with Crippen LogP contribution in [-0.4, -0.2) is 27.3 Å². The van der Waals surface area contributed by atoms with E-state index in [0.29, 0.717) is 30.2 Å². The fourth-order valence-corrected chi connectivity index (χ4v) is 1.66. The van der Waals surface area contributed by atoms with Crippen molar-refractivity contribution in [1.82, 2.24) is 5.32 Å². The Morgan fingerprint density at radius 2 is 1.87 bits per heavy atom. The highest BCUT2D eigenvalue weighted by molar-refractivity contribution is 5.45. The van der Waals surface area contributed by atoms with E-state index in [1.165, 1.54) is 0 Å². The van der Waals surface area contributed by atoms with Gasteiger partial charge in [-0.1, -0.05) is 6.07 Å². The van der Waals surface area contributed by atoms with Crippen LogP contribution in [0, 0.1) is 0 Å². The lowest BCUT2D eigenvalue weighted by Gasteiger charge is -2.35. The number of hydrogen-bond acceptors (Lipinski definition) is 3. The SMILES string of the molecule is COc1ccc(C2(F)CNC2)cc1OC. The minimum atomic E-state index is -1.25. The molecule has 0 unspecified atom stereocenters. The molecule has 3 nitrogen and oxygen atoms in total. The van der Waals surface area contributed by atoms with Crippen LogP contribution >= 0.6 is 0 Å². The molecule has 1 N–H and O–H groups in total. The van der Waals surface area contributed by atoms with Crippen molar-refractivity contribution in [3.63, 3.8) is 0 Å². The van der Waals surface area contributed by atoms with Crippen LogP contribution in [0.3, 0.4) is 0 Å². The number of benzene rings is 1. The summed E-state index contributed by atoms with van der Waals surface area (Å²) in [5, 5.41) is 2.92. The normalized spacial score (nSPS) is 18.1. The molecule has 0 bridgehead atoms. The molecule has 15 heavy (non-hydrogen) atoms. The second kappa shape index (κ2) is 3.70. The van der Waals surface area contributed by atoms with Gasteiger partial charge in [0.05, 0.1) is 14.2 Å². The van der Waals surface area contributed by atoms with Crippen LogP contribution in [0.15, 0.2) is 18.2 Å². The van der Waals surface area contributed by atoms with Crippen LogP contribution in [0.5, 0.6) is 11.5 Å². The van der Waals surface area contributed by atoms with Crippen LogP contribution in [-0.2, 0) is 5.67 Å². The molecule has 2 rings (SSSR count). The number of rotatable bonds is 3. The summed E-state index contributed by atoms with van der Waals surface area (Å²) in [7, 11) is 3.11. The highest BCUT2D eigenvalue weighted by atomic mass is 19.1. The molecule has 0 spiro atoms. The average Bonchev–Trinajstić information content (AvgIpc) is 2.25. The quantitative estimate of drug-likeness (QED) is 0.821. The van der Waals surface area contributed by atoms with Crippen molar-refractivity contribution in [1.29, 1.82) is 0 Å². The maximum atomic E-state index is 14.0. The Kier molecular flexibility index (Phi) is 2.52. The fourth-order valence-electron chi connectivity index (χ4n) is 1.66. The summed E-state index contributed by atoms with van der Waals surface area (Å²) >= 11 is 0. The van der Waals surface area contributed by atoms with E-state index in [1.54, 1.807) is 32.4 Å². The Hall–Kier alpha value is -1.29. The Balaban J connectivity index is 2.34. The molecular formula is C11H14FNO2. The number of halogens is 1. The zero-order chi connectivity index (χ0) is 10.9. The van der Waals surface area contributed by atoms with Crippen LogP contribution in [0.2, 0.25) is 0 Å². The van der Waals surface area contributed by atoms with Crippen molar-refractivity contribution in [2.75, 3.05) is 27.3 Å². The minimum Gasteiger partial charge on any atom is -0.493 e. The molecule has 1 heterocycles. The van der Waals surface area contributed by atoms with Crippen molar-refractivity contribution < 1.29 is 13.9 Å². The van der Waals surface area contributed by atoms with Gasteiger partial charge in [-0.3, -0.25) is 0 Å². The fraction of sp³-hybridized carbons (Fsp3) is 0.455. The summed E-state index contributed by atoms with van der Waals surface area (Å²) < 4.78 is 24.3. The van der Waals surface area contributed by atoms with Gasteiger partial charge in [-0.05, 0) is 17.7 Å². The largest absolute Gasteiger partial charge is 0.493 e. The lowest BCUT2D eigenvalue weighted by atomic mass is 9.90. The number of methoxy groups -OCH3 is 2. The van der Waals surface area contributed by atoms with Gasteiger partial charge in [0.25, 0.3) is 0 Å². The molecule has 1 aromatic rings. The molecule has 0 atom stereocenters. The van der Waals surface area contributed by atoms with Crippen molar-refractivity contribution in [3.05, 3.63) is 23.8 Å². The third kappa shape index (κ3) is 1.65. The van der Waals surface area contributed by atoms with Crippen molar-refractivity contribution in [2.45, 2.75) is 5.67 Å². The lowest BCUT2D eigenvalue weighted by molar-refractivity contribution is 0.0888. The van der Waals surface area contributed by atoms with Gasteiger partial charge in [-0.15, -0.1) is 0 Å². The zero-order valence-corrected chi connectivity index (χ0v) is 8.84. The van der Waals surface area contributed by atoms with Gasteiger partial charge >= 0.3 is 0 Å². The summed E-state index contributed by atoms with van der Waals surface area (Å²) in [5.41, 5.74) is -0.613. The van der Waals surface area contributed by atoms with E-state index in [4.69, 9.17) is 9.47 Å². The summed E-state index contributed by atoms with van der Waals surface area (Å²) in [6.45, 7) is 0.727. The third-order valence-electron chi connectivity index (χ3n) is 2.71. The predicted octanol–water partition coefficient (Wildman–Crippen LogP) is 1.47. The number of ether oxygens (including phenoxy) is 2. The molecular weight excluding hydrogens is 197 g/mol. The van der Waals surface area contributed by atoms with E-state index < -0.39 is 5.67 Å². The smallest absolute Gasteiger partial charge is 0.161 e. The van der Waals surface area contributed by atoms with Gasteiger partial charge in [0, 0.05) is 13.1 Å². The first-order chi connectivity index (χ1) is 7.19. The van der Waals surface area contributed by atoms with E-state index in [9.17, 15) is 4.39 Å². The number of alkyl halides is 1. The molecule has 1 aliphatic heterocycles. The van der Waals surface area contributed by atoms with Crippen LogP contribution in [0.1, 0.15) is 5.56 Å². The van der Waals surface area contributed by atoms with Crippen molar-refractivity contribution in [3.8, 4) is 11.5 Å². The van der Waals surface area contributed by atoms with Crippen molar-refractivity contribution >= 4 is 0 Å². The maximum Gasteiger partial charge on any atom is 0.161 e. The van der Waals surface area contributed by atoms with Crippen molar-refractivity contribution in [2.24, 2.45) is 0 Å². The van der Waals surface area contributed by atoms with Gasteiger partial charge in [0.2, 0.25) is 0 Å². The molecule has 0 aromatic heterocycles. The van der Waals surface area contributed by atoms with Gasteiger partial charge < -0.3 is 14.8 Å². The minimum absolute atomic E-state index is 0.364. The first-order valence-electron chi connectivity index (χ1n) is 4.82.